The van der Waals surface area contributed by atoms with Crippen molar-refractivity contribution in [1.29, 1.82) is 0 Å². The highest BCUT2D eigenvalue weighted by atomic mass is 32.2. The van der Waals surface area contributed by atoms with Gasteiger partial charge in [-0.3, -0.25) is 4.72 Å². The van der Waals surface area contributed by atoms with Crippen LogP contribution < -0.4 is 4.72 Å². The molecule has 0 aromatic carbocycles. The number of pyridine rings is 1. The first-order valence-corrected chi connectivity index (χ1v) is 7.32. The van der Waals surface area contributed by atoms with Gasteiger partial charge in [-0.15, -0.1) is 11.3 Å². The lowest BCUT2D eigenvalue weighted by atomic mass is 10.3. The summed E-state index contributed by atoms with van der Waals surface area (Å²) >= 11 is 1.25. The van der Waals surface area contributed by atoms with Gasteiger partial charge in [0.2, 0.25) is 0 Å². The fraction of sp³-hybridized carbons (Fsp3) is 0.200. The van der Waals surface area contributed by atoms with Gasteiger partial charge in [-0.2, -0.15) is 8.42 Å². The van der Waals surface area contributed by atoms with E-state index in [4.69, 9.17) is 5.11 Å². The number of sulfonamides is 1. The Morgan fingerprint density at radius 3 is 2.61 bits per heavy atom. The molecule has 0 amide bonds. The van der Waals surface area contributed by atoms with Crippen molar-refractivity contribution in [2.45, 2.75) is 18.6 Å². The quantitative estimate of drug-likeness (QED) is 0.878. The number of hydrogen-bond donors (Lipinski definition) is 2. The maximum atomic E-state index is 11.9. The standard InChI is InChI=1S/C10H11N3O3S2/c1-7-4-12-10(17-7)13-18(15,16)9-3-2-8(6-14)5-11-9/h2-5,14H,6H2,1H3,(H,12,13). The molecule has 8 heteroatoms. The van der Waals surface area contributed by atoms with Crippen molar-refractivity contribution in [2.75, 3.05) is 4.72 Å². The Morgan fingerprint density at radius 1 is 1.33 bits per heavy atom. The number of anilines is 1. The average Bonchev–Trinajstić information content (AvgIpc) is 2.74. The van der Waals surface area contributed by atoms with E-state index in [0.717, 1.165) is 4.88 Å². The average molecular weight is 285 g/mol. The van der Waals surface area contributed by atoms with Crippen molar-refractivity contribution in [3.05, 3.63) is 35.0 Å². The van der Waals surface area contributed by atoms with Crippen LogP contribution in [0.1, 0.15) is 10.4 Å². The van der Waals surface area contributed by atoms with Crippen LogP contribution in [0.2, 0.25) is 0 Å². The Balaban J connectivity index is 2.24. The van der Waals surface area contributed by atoms with E-state index < -0.39 is 10.0 Å². The lowest BCUT2D eigenvalue weighted by molar-refractivity contribution is 0.281. The Labute approximate surface area is 108 Å². The Kier molecular flexibility index (Phi) is 3.60. The fourth-order valence-electron chi connectivity index (χ4n) is 1.23. The van der Waals surface area contributed by atoms with Crippen molar-refractivity contribution >= 4 is 26.5 Å². The Morgan fingerprint density at radius 2 is 2.11 bits per heavy atom. The molecule has 0 saturated carbocycles. The van der Waals surface area contributed by atoms with Gasteiger partial charge in [-0.05, 0) is 18.6 Å². The number of aliphatic hydroxyl groups is 1. The van der Waals surface area contributed by atoms with Crippen molar-refractivity contribution in [2.24, 2.45) is 0 Å². The summed E-state index contributed by atoms with van der Waals surface area (Å²) in [4.78, 5) is 8.62. The monoisotopic (exact) mass is 285 g/mol. The second-order valence-corrected chi connectivity index (χ2v) is 6.41. The number of aryl methyl sites for hydroxylation is 1. The highest BCUT2D eigenvalue weighted by Gasteiger charge is 2.17. The molecule has 6 nitrogen and oxygen atoms in total. The van der Waals surface area contributed by atoms with Crippen LogP contribution in [0.15, 0.2) is 29.6 Å². The van der Waals surface area contributed by atoms with Crippen LogP contribution in [-0.2, 0) is 16.6 Å². The molecule has 0 aliphatic heterocycles. The molecule has 0 unspecified atom stereocenters. The summed E-state index contributed by atoms with van der Waals surface area (Å²) in [7, 11) is -3.72. The molecule has 18 heavy (non-hydrogen) atoms. The fourth-order valence-corrected chi connectivity index (χ4v) is 3.07. The smallest absolute Gasteiger partial charge is 0.281 e. The molecule has 0 atom stereocenters. The van der Waals surface area contributed by atoms with Gasteiger partial charge in [0.1, 0.15) is 0 Å². The molecule has 0 radical (unpaired) electrons. The van der Waals surface area contributed by atoms with Gasteiger partial charge in [0.15, 0.2) is 10.2 Å². The molecule has 0 aliphatic rings. The summed E-state index contributed by atoms with van der Waals surface area (Å²) in [6.45, 7) is 1.66. The van der Waals surface area contributed by atoms with E-state index >= 15 is 0 Å². The first kappa shape index (κ1) is 12.9. The third kappa shape index (κ3) is 2.84. The zero-order valence-electron chi connectivity index (χ0n) is 9.49. The number of nitrogens with zero attached hydrogens (tertiary/aromatic N) is 2. The van der Waals surface area contributed by atoms with Gasteiger partial charge in [-0.25, -0.2) is 9.97 Å². The van der Waals surface area contributed by atoms with Crippen molar-refractivity contribution < 1.29 is 13.5 Å². The molecule has 96 valence electrons. The minimum Gasteiger partial charge on any atom is -0.392 e. The van der Waals surface area contributed by atoms with Crippen LogP contribution in [0.25, 0.3) is 0 Å². The number of aliphatic hydroxyl groups excluding tert-OH is 1. The van der Waals surface area contributed by atoms with Crippen LogP contribution in [0.4, 0.5) is 5.13 Å². The molecule has 0 bridgehead atoms. The van der Waals surface area contributed by atoms with Gasteiger partial charge >= 0.3 is 0 Å². The zero-order valence-corrected chi connectivity index (χ0v) is 11.1. The van der Waals surface area contributed by atoms with Crippen molar-refractivity contribution in [1.82, 2.24) is 9.97 Å². The summed E-state index contributed by atoms with van der Waals surface area (Å²) in [6, 6.07) is 2.85. The first-order valence-electron chi connectivity index (χ1n) is 5.02. The molecular formula is C10H11N3O3S2. The topological polar surface area (TPSA) is 92.2 Å². The minimum absolute atomic E-state index is 0.104. The number of aromatic nitrogens is 2. The molecule has 2 rings (SSSR count). The highest BCUT2D eigenvalue weighted by Crippen LogP contribution is 2.20. The summed E-state index contributed by atoms with van der Waals surface area (Å²) in [5.74, 6) is 0. The first-order chi connectivity index (χ1) is 8.51. The molecule has 2 heterocycles. The summed E-state index contributed by atoms with van der Waals surface area (Å²) in [5.41, 5.74) is 0.555. The molecular weight excluding hydrogens is 274 g/mol. The maximum Gasteiger partial charge on any atom is 0.281 e. The highest BCUT2D eigenvalue weighted by molar-refractivity contribution is 7.92. The largest absolute Gasteiger partial charge is 0.392 e. The van der Waals surface area contributed by atoms with Crippen LogP contribution in [-0.4, -0.2) is 23.5 Å². The molecule has 2 aromatic heterocycles. The minimum atomic E-state index is -3.72. The second-order valence-electron chi connectivity index (χ2n) is 3.54. The lowest BCUT2D eigenvalue weighted by Gasteiger charge is -2.04. The SMILES string of the molecule is Cc1cnc(NS(=O)(=O)c2ccc(CO)cn2)s1. The Bertz CT molecular complexity index is 635. The number of nitrogens with one attached hydrogen (secondary N) is 1. The molecule has 0 saturated heterocycles. The van der Waals surface area contributed by atoms with Crippen molar-refractivity contribution in [3.8, 4) is 0 Å². The Hall–Kier alpha value is -1.51. The third-order valence-electron chi connectivity index (χ3n) is 2.10. The summed E-state index contributed by atoms with van der Waals surface area (Å²) in [5, 5.41) is 9.06. The normalized spacial score (nSPS) is 11.4. The van der Waals surface area contributed by atoms with Gasteiger partial charge in [0.25, 0.3) is 10.0 Å². The van der Waals surface area contributed by atoms with E-state index in [9.17, 15) is 8.42 Å². The van der Waals surface area contributed by atoms with Crippen molar-refractivity contribution in [3.63, 3.8) is 0 Å². The van der Waals surface area contributed by atoms with E-state index in [1.807, 2.05) is 6.92 Å². The lowest BCUT2D eigenvalue weighted by Crippen LogP contribution is -2.14. The molecule has 2 N–H and O–H groups in total. The third-order valence-corrected chi connectivity index (χ3v) is 4.31. The van der Waals surface area contributed by atoms with E-state index in [-0.39, 0.29) is 11.6 Å². The van der Waals surface area contributed by atoms with Crippen LogP contribution >= 0.6 is 11.3 Å². The predicted molar refractivity (Wildman–Crippen MR) is 67.8 cm³/mol. The predicted octanol–water partition coefficient (Wildman–Crippen LogP) is 1.14. The molecule has 0 spiro atoms. The maximum absolute atomic E-state index is 11.9. The molecule has 0 aliphatic carbocycles. The zero-order chi connectivity index (χ0) is 13.2. The summed E-state index contributed by atoms with van der Waals surface area (Å²) in [6.07, 6.45) is 2.91. The van der Waals surface area contributed by atoms with E-state index in [1.165, 1.54) is 29.7 Å². The number of rotatable bonds is 4. The van der Waals surface area contributed by atoms with Crippen LogP contribution in [0.3, 0.4) is 0 Å². The van der Waals surface area contributed by atoms with Gasteiger partial charge < -0.3 is 5.11 Å². The van der Waals surface area contributed by atoms with E-state index in [1.54, 1.807) is 6.20 Å². The molecule has 2 aromatic rings. The van der Waals surface area contributed by atoms with Crippen LogP contribution in [0.5, 0.6) is 0 Å². The van der Waals surface area contributed by atoms with Gasteiger partial charge in [-0.1, -0.05) is 6.07 Å². The van der Waals surface area contributed by atoms with E-state index in [0.29, 0.717) is 10.7 Å². The second kappa shape index (κ2) is 5.01. The van der Waals surface area contributed by atoms with E-state index in [2.05, 4.69) is 14.7 Å². The van der Waals surface area contributed by atoms with Gasteiger partial charge in [0.05, 0.1) is 6.61 Å². The summed E-state index contributed by atoms with van der Waals surface area (Å²) < 4.78 is 26.2. The van der Waals surface area contributed by atoms with Gasteiger partial charge in [0, 0.05) is 17.3 Å². The molecule has 0 fully saturated rings. The number of hydrogen-bond acceptors (Lipinski definition) is 6. The number of thiazole rings is 1. The van der Waals surface area contributed by atoms with Crippen LogP contribution in [0, 0.1) is 6.92 Å².